The molecule has 0 N–H and O–H groups in total. The van der Waals surface area contributed by atoms with Gasteiger partial charge in [-0.25, -0.2) is 0 Å². The Morgan fingerprint density at radius 1 is 0.875 bits per heavy atom. The van der Waals surface area contributed by atoms with Crippen LogP contribution in [0.1, 0.15) is 90.5 Å². The maximum Gasteiger partial charge on any atom is 0.127 e. The normalized spacial score (nSPS) is 24.8. The van der Waals surface area contributed by atoms with E-state index >= 15 is 0 Å². The van der Waals surface area contributed by atoms with Crippen LogP contribution in [-0.4, -0.2) is 5.60 Å². The van der Waals surface area contributed by atoms with Crippen molar-refractivity contribution in [3.8, 4) is 5.75 Å². The third-order valence-corrected chi connectivity index (χ3v) is 7.38. The zero-order chi connectivity index (χ0) is 18.9. The maximum atomic E-state index is 6.81. The van der Waals surface area contributed by atoms with Gasteiger partial charge in [0.1, 0.15) is 11.4 Å². The van der Waals surface area contributed by atoms with Gasteiger partial charge >= 0.3 is 0 Å². The number of hydrogen-bond donors (Lipinski definition) is 0. The van der Waals surface area contributed by atoms with Crippen LogP contribution < -0.4 is 4.74 Å². The van der Waals surface area contributed by atoms with Crippen LogP contribution in [0, 0.1) is 37.0 Å². The van der Waals surface area contributed by atoms with E-state index in [1.54, 1.807) is 0 Å². The third kappa shape index (κ3) is 2.50. The van der Waals surface area contributed by atoms with Crippen LogP contribution in [0.2, 0.25) is 0 Å². The summed E-state index contributed by atoms with van der Waals surface area (Å²) in [5.41, 5.74) is 5.44. The van der Waals surface area contributed by atoms with E-state index in [1.165, 1.54) is 22.3 Å². The molecular weight excluding hydrogens is 292 g/mol. The number of benzene rings is 1. The van der Waals surface area contributed by atoms with Gasteiger partial charge in [0.05, 0.1) is 0 Å². The molecular formula is C23H38O. The molecule has 0 spiro atoms. The van der Waals surface area contributed by atoms with Crippen LogP contribution in [0.4, 0.5) is 0 Å². The largest absolute Gasteiger partial charge is 0.487 e. The van der Waals surface area contributed by atoms with Gasteiger partial charge in [-0.3, -0.25) is 0 Å². The molecule has 0 saturated heterocycles. The lowest BCUT2D eigenvalue weighted by Crippen LogP contribution is -2.54. The molecule has 1 aliphatic rings. The average Bonchev–Trinajstić information content (AvgIpc) is 2.41. The second kappa shape index (κ2) is 5.26. The first-order valence-electron chi connectivity index (χ1n) is 9.35. The minimum absolute atomic E-state index is 0.0176. The zero-order valence-electron chi connectivity index (χ0n) is 18.1. The number of fused-ring (bicyclic) bond motifs is 1. The Bertz CT molecular complexity index is 654. The van der Waals surface area contributed by atoms with E-state index < -0.39 is 0 Å². The molecule has 1 aromatic rings. The highest BCUT2D eigenvalue weighted by atomic mass is 16.5. The Labute approximate surface area is 150 Å². The van der Waals surface area contributed by atoms with Gasteiger partial charge in [0, 0.05) is 11.0 Å². The summed E-state index contributed by atoms with van der Waals surface area (Å²) in [6, 6.07) is 2.34. The van der Waals surface area contributed by atoms with Crippen molar-refractivity contribution in [1.29, 1.82) is 0 Å². The van der Waals surface area contributed by atoms with Gasteiger partial charge in [-0.05, 0) is 68.1 Å². The molecule has 0 aromatic heterocycles. The van der Waals surface area contributed by atoms with Gasteiger partial charge < -0.3 is 4.74 Å². The first kappa shape index (κ1) is 19.3. The summed E-state index contributed by atoms with van der Waals surface area (Å²) in [5, 5.41) is 0. The average molecular weight is 331 g/mol. The Morgan fingerprint density at radius 3 is 1.83 bits per heavy atom. The molecule has 1 nitrogen and oxygen atoms in total. The van der Waals surface area contributed by atoms with Crippen molar-refractivity contribution < 1.29 is 4.74 Å². The van der Waals surface area contributed by atoms with Gasteiger partial charge in [0.2, 0.25) is 0 Å². The molecule has 1 aliphatic heterocycles. The van der Waals surface area contributed by atoms with Gasteiger partial charge in [0.15, 0.2) is 0 Å². The highest BCUT2D eigenvalue weighted by molar-refractivity contribution is 5.54. The molecule has 0 bridgehead atoms. The van der Waals surface area contributed by atoms with E-state index in [-0.39, 0.29) is 21.8 Å². The summed E-state index contributed by atoms with van der Waals surface area (Å²) < 4.78 is 6.81. The summed E-state index contributed by atoms with van der Waals surface area (Å²) in [5.74, 6) is 1.56. The van der Waals surface area contributed by atoms with Crippen LogP contribution >= 0.6 is 0 Å². The van der Waals surface area contributed by atoms with Crippen molar-refractivity contribution in [3.63, 3.8) is 0 Å². The van der Waals surface area contributed by atoms with Crippen LogP contribution in [0.25, 0.3) is 0 Å². The van der Waals surface area contributed by atoms with Crippen LogP contribution in [0.15, 0.2) is 6.07 Å². The van der Waals surface area contributed by atoms with E-state index in [0.29, 0.717) is 5.92 Å². The van der Waals surface area contributed by atoms with Gasteiger partial charge in [-0.2, -0.15) is 0 Å². The summed E-state index contributed by atoms with van der Waals surface area (Å²) in [6.07, 6.45) is 0. The fraction of sp³-hybridized carbons (Fsp3) is 0.739. The van der Waals surface area contributed by atoms with Gasteiger partial charge in [-0.1, -0.05) is 54.5 Å². The third-order valence-electron chi connectivity index (χ3n) is 7.38. The fourth-order valence-electron chi connectivity index (χ4n) is 4.96. The fourth-order valence-corrected chi connectivity index (χ4v) is 4.96. The summed E-state index contributed by atoms with van der Waals surface area (Å²) >= 11 is 0. The van der Waals surface area contributed by atoms with Crippen LogP contribution in [0.3, 0.4) is 0 Å². The molecule has 0 amide bonds. The van der Waals surface area contributed by atoms with Crippen molar-refractivity contribution in [2.24, 2.45) is 16.2 Å². The molecule has 1 heteroatoms. The molecule has 1 heterocycles. The zero-order valence-corrected chi connectivity index (χ0v) is 18.1. The Morgan fingerprint density at radius 2 is 1.38 bits per heavy atom. The predicted molar refractivity (Wildman–Crippen MR) is 105 cm³/mol. The minimum atomic E-state index is -0.240. The molecule has 0 aliphatic carbocycles. The standard InChI is InChI=1S/C23H38O/c1-14-13-15(2)17-18(16(14)3)24-23(11,12)22(9,10)21(7,8)19(17)20(4,5)6/h13,19H,1-12H3. The monoisotopic (exact) mass is 330 g/mol. The SMILES string of the molecule is Cc1cc(C)c2c(c1C)OC(C)(C)C(C)(C)C(C)(C)C2C(C)(C)C. The molecule has 0 saturated carbocycles. The Kier molecular flexibility index (Phi) is 4.24. The van der Waals surface area contributed by atoms with Crippen molar-refractivity contribution >= 4 is 0 Å². The number of ether oxygens (including phenoxy) is 1. The molecule has 0 fully saturated rings. The lowest BCUT2D eigenvalue weighted by atomic mass is 9.50. The molecule has 24 heavy (non-hydrogen) atoms. The number of hydrogen-bond acceptors (Lipinski definition) is 1. The molecule has 2 rings (SSSR count). The maximum absolute atomic E-state index is 6.81. The highest BCUT2D eigenvalue weighted by Gasteiger charge is 2.58. The van der Waals surface area contributed by atoms with Crippen LogP contribution in [0.5, 0.6) is 5.75 Å². The van der Waals surface area contributed by atoms with Crippen molar-refractivity contribution in [2.75, 3.05) is 0 Å². The first-order chi connectivity index (χ1) is 10.6. The van der Waals surface area contributed by atoms with E-state index in [4.69, 9.17) is 4.74 Å². The first-order valence-corrected chi connectivity index (χ1v) is 9.35. The summed E-state index contributed by atoms with van der Waals surface area (Å²) in [7, 11) is 0. The van der Waals surface area contributed by atoms with E-state index in [9.17, 15) is 0 Å². The van der Waals surface area contributed by atoms with Crippen LogP contribution in [-0.2, 0) is 0 Å². The quantitative estimate of drug-likeness (QED) is 0.499. The molecule has 136 valence electrons. The highest BCUT2D eigenvalue weighted by Crippen LogP contribution is 2.64. The minimum Gasteiger partial charge on any atom is -0.487 e. The van der Waals surface area contributed by atoms with Crippen molar-refractivity contribution in [1.82, 2.24) is 0 Å². The smallest absolute Gasteiger partial charge is 0.127 e. The second-order valence-corrected chi connectivity index (χ2v) is 10.6. The molecule has 1 aromatic carbocycles. The lowest BCUT2D eigenvalue weighted by molar-refractivity contribution is -0.0939. The lowest BCUT2D eigenvalue weighted by Gasteiger charge is -2.55. The van der Waals surface area contributed by atoms with E-state index in [1.807, 2.05) is 0 Å². The van der Waals surface area contributed by atoms with E-state index in [0.717, 1.165) is 5.75 Å². The number of aryl methyl sites for hydroxylation is 2. The van der Waals surface area contributed by atoms with Gasteiger partial charge in [0.25, 0.3) is 0 Å². The summed E-state index contributed by atoms with van der Waals surface area (Å²) in [4.78, 5) is 0. The van der Waals surface area contributed by atoms with Crippen molar-refractivity contribution in [2.45, 2.75) is 94.6 Å². The predicted octanol–water partition coefficient (Wildman–Crippen LogP) is 6.96. The molecule has 1 unspecified atom stereocenters. The Hall–Kier alpha value is -0.980. The number of rotatable bonds is 0. The summed E-state index contributed by atoms with van der Waals surface area (Å²) in [6.45, 7) is 28.0. The van der Waals surface area contributed by atoms with Gasteiger partial charge in [-0.15, -0.1) is 0 Å². The van der Waals surface area contributed by atoms with E-state index in [2.05, 4.69) is 89.2 Å². The molecule has 1 atom stereocenters. The Balaban J connectivity index is 2.98. The van der Waals surface area contributed by atoms with Crippen molar-refractivity contribution in [3.05, 3.63) is 28.3 Å². The topological polar surface area (TPSA) is 9.23 Å². The molecule has 0 radical (unpaired) electrons. The second-order valence-electron chi connectivity index (χ2n) is 10.6.